The number of nitrogens with zero attached hydrogens (tertiary/aromatic N) is 1. The van der Waals surface area contributed by atoms with Crippen LogP contribution in [0.1, 0.15) is 54.4 Å². The molecular formula is C18H27NO7. The van der Waals surface area contributed by atoms with Gasteiger partial charge in [-0.15, -0.1) is 0 Å². The highest BCUT2D eigenvalue weighted by molar-refractivity contribution is 5.93. The molecule has 1 heterocycles. The Morgan fingerprint density at radius 3 is 2.31 bits per heavy atom. The maximum atomic E-state index is 12.7. The molecule has 0 aromatic carbocycles. The summed E-state index contributed by atoms with van der Waals surface area (Å²) in [4.78, 5) is 48.6. The zero-order valence-electron chi connectivity index (χ0n) is 16.1. The van der Waals surface area contributed by atoms with Crippen LogP contribution in [0.15, 0.2) is 12.2 Å². The molecule has 1 aliphatic carbocycles. The van der Waals surface area contributed by atoms with Gasteiger partial charge in [-0.1, -0.05) is 0 Å². The molecule has 8 nitrogen and oxygen atoms in total. The van der Waals surface area contributed by atoms with Crippen LogP contribution >= 0.6 is 0 Å². The van der Waals surface area contributed by atoms with Gasteiger partial charge in [-0.05, 0) is 53.7 Å². The molecule has 1 fully saturated rings. The van der Waals surface area contributed by atoms with Gasteiger partial charge in [-0.2, -0.15) is 0 Å². The molecule has 3 atom stereocenters. The number of aliphatic carboxylic acids is 1. The van der Waals surface area contributed by atoms with E-state index >= 15 is 0 Å². The molecule has 0 aromatic heterocycles. The molecule has 2 rings (SSSR count). The number of carbonyl (C=O) groups is 3. The van der Waals surface area contributed by atoms with E-state index in [1.807, 2.05) is 0 Å². The molecule has 0 unspecified atom stereocenters. The van der Waals surface area contributed by atoms with Crippen LogP contribution in [0.4, 0.5) is 4.79 Å². The second-order valence-corrected chi connectivity index (χ2v) is 8.70. The lowest BCUT2D eigenvalue weighted by Crippen LogP contribution is -2.53. The second-order valence-electron chi connectivity index (χ2n) is 8.70. The van der Waals surface area contributed by atoms with E-state index in [0.717, 1.165) is 4.90 Å². The molecule has 1 saturated heterocycles. The third-order valence-corrected chi connectivity index (χ3v) is 4.03. The van der Waals surface area contributed by atoms with E-state index < -0.39 is 40.9 Å². The summed E-state index contributed by atoms with van der Waals surface area (Å²) in [5.74, 6) is -1.41. The van der Waals surface area contributed by atoms with Crippen LogP contribution in [-0.4, -0.2) is 56.7 Å². The number of carbonyl (C=O) groups excluding carboxylic acids is 2. The van der Waals surface area contributed by atoms with Crippen molar-refractivity contribution < 1.29 is 34.0 Å². The number of ketones is 1. The molecule has 0 bridgehead atoms. The summed E-state index contributed by atoms with van der Waals surface area (Å²) in [5.41, 5.74) is -2.67. The molecule has 0 spiro atoms. The van der Waals surface area contributed by atoms with Crippen LogP contribution in [0.25, 0.3) is 0 Å². The summed E-state index contributed by atoms with van der Waals surface area (Å²) in [6, 6.07) is -2.01. The Morgan fingerprint density at radius 1 is 1.19 bits per heavy atom. The molecule has 1 aliphatic heterocycles. The molecule has 8 heteroatoms. The predicted molar refractivity (Wildman–Crippen MR) is 91.3 cm³/mol. The SMILES string of the molecule is CC(C)(C)OO[C@]12C=CC(=O)C[C@H]1N(C(=O)OC(C)(C)C)[C@H](C(=O)O)C2. The maximum absolute atomic E-state index is 12.7. The van der Waals surface area contributed by atoms with Gasteiger partial charge in [0.05, 0.1) is 11.6 Å². The highest BCUT2D eigenvalue weighted by Crippen LogP contribution is 2.43. The largest absolute Gasteiger partial charge is 0.480 e. The van der Waals surface area contributed by atoms with Gasteiger partial charge in [0, 0.05) is 12.8 Å². The Balaban J connectivity index is 2.40. The fraction of sp³-hybridized carbons (Fsp3) is 0.722. The molecular weight excluding hydrogens is 342 g/mol. The minimum absolute atomic E-state index is 0.0356. The summed E-state index contributed by atoms with van der Waals surface area (Å²) >= 11 is 0. The fourth-order valence-corrected chi connectivity index (χ4v) is 3.03. The predicted octanol–water partition coefficient (Wildman–Crippen LogP) is 2.46. The third-order valence-electron chi connectivity index (χ3n) is 4.03. The number of hydrogen-bond donors (Lipinski definition) is 1. The first kappa shape index (κ1) is 20.4. The lowest BCUT2D eigenvalue weighted by Gasteiger charge is -2.38. The van der Waals surface area contributed by atoms with Gasteiger partial charge >= 0.3 is 12.1 Å². The molecule has 0 aromatic rings. The molecule has 1 amide bonds. The van der Waals surface area contributed by atoms with Crippen LogP contribution < -0.4 is 0 Å². The monoisotopic (exact) mass is 369 g/mol. The van der Waals surface area contributed by atoms with Gasteiger partial charge in [0.1, 0.15) is 17.2 Å². The Labute approximate surface area is 153 Å². The van der Waals surface area contributed by atoms with Gasteiger partial charge in [-0.3, -0.25) is 9.69 Å². The zero-order chi connectivity index (χ0) is 19.9. The summed E-state index contributed by atoms with van der Waals surface area (Å²) < 4.78 is 5.37. The van der Waals surface area contributed by atoms with Crippen LogP contribution in [0.3, 0.4) is 0 Å². The lowest BCUT2D eigenvalue weighted by atomic mass is 9.85. The smallest absolute Gasteiger partial charge is 0.411 e. The summed E-state index contributed by atoms with van der Waals surface area (Å²) in [6.07, 6.45) is 1.95. The van der Waals surface area contributed by atoms with E-state index in [1.54, 1.807) is 41.5 Å². The summed E-state index contributed by atoms with van der Waals surface area (Å²) in [5, 5.41) is 9.63. The number of allylic oxidation sites excluding steroid dienone is 1. The number of ether oxygens (including phenoxy) is 1. The van der Waals surface area contributed by atoms with E-state index in [9.17, 15) is 19.5 Å². The van der Waals surface area contributed by atoms with Crippen molar-refractivity contribution in [2.45, 2.75) is 83.3 Å². The lowest BCUT2D eigenvalue weighted by molar-refractivity contribution is -0.396. The topological polar surface area (TPSA) is 102 Å². The van der Waals surface area contributed by atoms with Gasteiger partial charge in [-0.25, -0.2) is 19.4 Å². The molecule has 26 heavy (non-hydrogen) atoms. The van der Waals surface area contributed by atoms with Crippen LogP contribution in [0.2, 0.25) is 0 Å². The van der Waals surface area contributed by atoms with Crippen LogP contribution in [0.5, 0.6) is 0 Å². The molecule has 1 N–H and O–H groups in total. The van der Waals surface area contributed by atoms with Crippen molar-refractivity contribution in [1.82, 2.24) is 4.90 Å². The Morgan fingerprint density at radius 2 is 1.81 bits per heavy atom. The number of amides is 1. The minimum atomic E-state index is -1.22. The number of fused-ring (bicyclic) bond motifs is 1. The van der Waals surface area contributed by atoms with Gasteiger partial charge < -0.3 is 9.84 Å². The van der Waals surface area contributed by atoms with Crippen molar-refractivity contribution in [2.24, 2.45) is 0 Å². The highest BCUT2D eigenvalue weighted by Gasteiger charge is 2.60. The van der Waals surface area contributed by atoms with E-state index in [2.05, 4.69) is 0 Å². The van der Waals surface area contributed by atoms with E-state index in [-0.39, 0.29) is 18.6 Å². The van der Waals surface area contributed by atoms with Crippen molar-refractivity contribution in [3.63, 3.8) is 0 Å². The second kappa shape index (κ2) is 6.66. The molecule has 0 radical (unpaired) electrons. The molecule has 0 saturated carbocycles. The highest BCUT2D eigenvalue weighted by atomic mass is 17.2. The number of carboxylic acid groups (broad SMARTS) is 1. The molecule has 146 valence electrons. The standard InChI is InChI=1S/C18H27NO7/c1-16(2,3)24-15(23)19-12(14(21)22)10-18(26-25-17(4,5)6)8-7-11(20)9-13(18)19/h7-8,12-13H,9-10H2,1-6H3,(H,21,22)/t12-,13+,18-/m0/s1. The van der Waals surface area contributed by atoms with Crippen LogP contribution in [0, 0.1) is 0 Å². The zero-order valence-corrected chi connectivity index (χ0v) is 16.1. The first-order valence-electron chi connectivity index (χ1n) is 8.57. The average Bonchev–Trinajstić information content (AvgIpc) is 2.78. The molecule has 2 aliphatic rings. The minimum Gasteiger partial charge on any atom is -0.480 e. The van der Waals surface area contributed by atoms with Crippen molar-refractivity contribution >= 4 is 17.8 Å². The van der Waals surface area contributed by atoms with Crippen molar-refractivity contribution in [1.29, 1.82) is 0 Å². The fourth-order valence-electron chi connectivity index (χ4n) is 3.03. The number of hydrogen-bond acceptors (Lipinski definition) is 6. The number of rotatable bonds is 3. The van der Waals surface area contributed by atoms with Crippen molar-refractivity contribution in [3.8, 4) is 0 Å². The van der Waals surface area contributed by atoms with Gasteiger partial charge in [0.2, 0.25) is 0 Å². The van der Waals surface area contributed by atoms with Crippen molar-refractivity contribution in [2.75, 3.05) is 0 Å². The van der Waals surface area contributed by atoms with E-state index in [1.165, 1.54) is 12.2 Å². The first-order chi connectivity index (χ1) is 11.7. The number of carboxylic acids is 1. The number of likely N-dealkylation sites (tertiary alicyclic amines) is 1. The maximum Gasteiger partial charge on any atom is 0.411 e. The first-order valence-corrected chi connectivity index (χ1v) is 8.57. The summed E-state index contributed by atoms with van der Waals surface area (Å²) in [7, 11) is 0. The summed E-state index contributed by atoms with van der Waals surface area (Å²) in [6.45, 7) is 10.4. The van der Waals surface area contributed by atoms with Gasteiger partial charge in [0.25, 0.3) is 0 Å². The Kier molecular flexibility index (Phi) is 5.22. The van der Waals surface area contributed by atoms with E-state index in [0.29, 0.717) is 0 Å². The van der Waals surface area contributed by atoms with Crippen molar-refractivity contribution in [3.05, 3.63) is 12.2 Å². The normalized spacial score (nSPS) is 28.8. The third kappa shape index (κ3) is 4.42. The van der Waals surface area contributed by atoms with Crippen LogP contribution in [-0.2, 0) is 24.1 Å². The Bertz CT molecular complexity index is 628. The Hall–Kier alpha value is -1.93. The average molecular weight is 369 g/mol. The van der Waals surface area contributed by atoms with E-state index in [4.69, 9.17) is 14.5 Å². The quantitative estimate of drug-likeness (QED) is 0.602. The van der Waals surface area contributed by atoms with Gasteiger partial charge in [0.15, 0.2) is 5.78 Å².